The van der Waals surface area contributed by atoms with Gasteiger partial charge in [-0.25, -0.2) is 8.78 Å². The van der Waals surface area contributed by atoms with E-state index in [-0.39, 0.29) is 23.8 Å². The average Bonchev–Trinajstić information content (AvgIpc) is 2.49. The summed E-state index contributed by atoms with van der Waals surface area (Å²) >= 11 is 5.64. The van der Waals surface area contributed by atoms with Crippen LogP contribution in [0.3, 0.4) is 0 Å². The smallest absolute Gasteiger partial charge is 0.238 e. The van der Waals surface area contributed by atoms with Crippen molar-refractivity contribution in [3.8, 4) is 0 Å². The quantitative estimate of drug-likeness (QED) is 0.824. The first-order chi connectivity index (χ1) is 11.8. The van der Waals surface area contributed by atoms with Gasteiger partial charge in [-0.15, -0.1) is 0 Å². The molecule has 0 radical (unpaired) electrons. The Morgan fingerprint density at radius 2 is 1.72 bits per heavy atom. The van der Waals surface area contributed by atoms with Gasteiger partial charge in [0.1, 0.15) is 11.6 Å². The molecule has 25 heavy (non-hydrogen) atoms. The molecular formula is C17H16ClF2N3O2. The van der Waals surface area contributed by atoms with Crippen LogP contribution in [-0.2, 0) is 9.59 Å². The number of likely N-dealkylation sites (N-methyl/N-ethyl adjacent to an activating group) is 1. The predicted octanol–water partition coefficient (Wildman–Crippen LogP) is 3.13. The lowest BCUT2D eigenvalue weighted by Gasteiger charge is -2.16. The van der Waals surface area contributed by atoms with Crippen LogP contribution >= 0.6 is 11.6 Å². The molecule has 132 valence electrons. The zero-order valence-electron chi connectivity index (χ0n) is 13.4. The number of anilines is 2. The topological polar surface area (TPSA) is 61.4 Å². The molecule has 0 atom stereocenters. The van der Waals surface area contributed by atoms with Gasteiger partial charge in [0.15, 0.2) is 0 Å². The van der Waals surface area contributed by atoms with Gasteiger partial charge in [0, 0.05) is 10.7 Å². The van der Waals surface area contributed by atoms with E-state index in [9.17, 15) is 18.4 Å². The molecule has 0 spiro atoms. The maximum Gasteiger partial charge on any atom is 0.238 e. The standard InChI is InChI=1S/C17H16ClF2N3O2/c1-23(9-16(24)21-13-4-2-3-12(19)8-13)10-17(25)22-15-6-5-11(18)7-14(15)20/h2-8H,9-10H2,1H3,(H,21,24)(H,22,25). The summed E-state index contributed by atoms with van der Waals surface area (Å²) in [5, 5.41) is 5.15. The molecule has 0 heterocycles. The molecule has 0 aliphatic heterocycles. The first-order valence-electron chi connectivity index (χ1n) is 7.32. The van der Waals surface area contributed by atoms with Crippen molar-refractivity contribution >= 4 is 34.8 Å². The van der Waals surface area contributed by atoms with Gasteiger partial charge in [-0.05, 0) is 43.4 Å². The van der Waals surface area contributed by atoms with E-state index in [2.05, 4.69) is 10.6 Å². The summed E-state index contributed by atoms with van der Waals surface area (Å²) in [7, 11) is 1.56. The van der Waals surface area contributed by atoms with Crippen LogP contribution in [0, 0.1) is 11.6 Å². The monoisotopic (exact) mass is 367 g/mol. The minimum Gasteiger partial charge on any atom is -0.325 e. The number of hydrogen-bond donors (Lipinski definition) is 2. The SMILES string of the molecule is CN(CC(=O)Nc1cccc(F)c1)CC(=O)Nc1ccc(Cl)cc1F. The van der Waals surface area contributed by atoms with Crippen molar-refractivity contribution < 1.29 is 18.4 Å². The number of amides is 2. The fraction of sp³-hybridized carbons (Fsp3) is 0.176. The second-order valence-corrected chi connectivity index (χ2v) is 5.84. The van der Waals surface area contributed by atoms with Gasteiger partial charge in [0.25, 0.3) is 0 Å². The minimum atomic E-state index is -0.646. The summed E-state index contributed by atoms with van der Waals surface area (Å²) in [6.07, 6.45) is 0. The largest absolute Gasteiger partial charge is 0.325 e. The molecule has 0 aliphatic rings. The highest BCUT2D eigenvalue weighted by molar-refractivity contribution is 6.30. The first kappa shape index (κ1) is 18.8. The van der Waals surface area contributed by atoms with Gasteiger partial charge in [-0.2, -0.15) is 0 Å². The van der Waals surface area contributed by atoms with Crippen LogP contribution in [0.25, 0.3) is 0 Å². The number of benzene rings is 2. The van der Waals surface area contributed by atoms with E-state index < -0.39 is 23.4 Å². The molecule has 0 aliphatic carbocycles. The van der Waals surface area contributed by atoms with Crippen LogP contribution < -0.4 is 10.6 Å². The Morgan fingerprint density at radius 1 is 1.04 bits per heavy atom. The van der Waals surface area contributed by atoms with Crippen LogP contribution in [-0.4, -0.2) is 36.9 Å². The summed E-state index contributed by atoms with van der Waals surface area (Å²) in [6, 6.07) is 9.38. The summed E-state index contributed by atoms with van der Waals surface area (Å²) < 4.78 is 26.7. The van der Waals surface area contributed by atoms with Crippen LogP contribution in [0.15, 0.2) is 42.5 Å². The molecule has 8 heteroatoms. The summed E-state index contributed by atoms with van der Waals surface area (Å²) in [5.74, 6) is -2.00. The molecule has 0 unspecified atom stereocenters. The maximum absolute atomic E-state index is 13.6. The molecule has 0 aromatic heterocycles. The predicted molar refractivity (Wildman–Crippen MR) is 92.6 cm³/mol. The van der Waals surface area contributed by atoms with Crippen LogP contribution in [0.2, 0.25) is 5.02 Å². The Bertz CT molecular complexity index is 786. The third-order valence-corrected chi connectivity index (χ3v) is 3.38. The molecule has 2 amide bonds. The summed E-state index contributed by atoms with van der Waals surface area (Å²) in [4.78, 5) is 25.2. The van der Waals surface area contributed by atoms with Crippen molar-refractivity contribution in [3.05, 3.63) is 59.1 Å². The number of nitrogens with one attached hydrogen (secondary N) is 2. The average molecular weight is 368 g/mol. The third-order valence-electron chi connectivity index (χ3n) is 3.14. The molecule has 0 bridgehead atoms. The van der Waals surface area contributed by atoms with Gasteiger partial charge < -0.3 is 10.6 Å². The molecule has 0 fully saturated rings. The van der Waals surface area contributed by atoms with E-state index in [0.717, 1.165) is 6.07 Å². The van der Waals surface area contributed by atoms with Crippen molar-refractivity contribution in [2.75, 3.05) is 30.8 Å². The van der Waals surface area contributed by atoms with Gasteiger partial charge in [0.05, 0.1) is 18.8 Å². The van der Waals surface area contributed by atoms with E-state index in [1.807, 2.05) is 0 Å². The zero-order chi connectivity index (χ0) is 18.4. The lowest BCUT2D eigenvalue weighted by atomic mass is 10.3. The number of hydrogen-bond acceptors (Lipinski definition) is 3. The van der Waals surface area contributed by atoms with Gasteiger partial charge in [-0.3, -0.25) is 14.5 Å². The Hall–Kier alpha value is -2.51. The van der Waals surface area contributed by atoms with Crippen molar-refractivity contribution in [1.29, 1.82) is 0 Å². The Labute approximate surface area is 148 Å². The molecule has 0 saturated heterocycles. The number of carbonyl (C=O) groups excluding carboxylic acids is 2. The van der Waals surface area contributed by atoms with E-state index in [4.69, 9.17) is 11.6 Å². The highest BCUT2D eigenvalue weighted by Gasteiger charge is 2.13. The van der Waals surface area contributed by atoms with E-state index in [1.54, 1.807) is 13.1 Å². The minimum absolute atomic E-state index is 0.00649. The fourth-order valence-electron chi connectivity index (χ4n) is 2.09. The van der Waals surface area contributed by atoms with Crippen LogP contribution in [0.5, 0.6) is 0 Å². The molecule has 2 rings (SSSR count). The summed E-state index contributed by atoms with van der Waals surface area (Å²) in [5.41, 5.74) is 0.332. The summed E-state index contributed by atoms with van der Waals surface area (Å²) in [6.45, 7) is -0.217. The Balaban J connectivity index is 1.83. The second-order valence-electron chi connectivity index (χ2n) is 5.40. The van der Waals surface area contributed by atoms with Crippen LogP contribution in [0.4, 0.5) is 20.2 Å². The second kappa shape index (κ2) is 8.55. The molecule has 0 saturated carbocycles. The highest BCUT2D eigenvalue weighted by atomic mass is 35.5. The molecule has 2 N–H and O–H groups in total. The maximum atomic E-state index is 13.6. The normalized spacial score (nSPS) is 10.6. The number of rotatable bonds is 6. The zero-order valence-corrected chi connectivity index (χ0v) is 14.1. The number of carbonyl (C=O) groups is 2. The first-order valence-corrected chi connectivity index (χ1v) is 7.70. The highest BCUT2D eigenvalue weighted by Crippen LogP contribution is 2.18. The van der Waals surface area contributed by atoms with Crippen molar-refractivity contribution in [1.82, 2.24) is 4.90 Å². The van der Waals surface area contributed by atoms with Crippen molar-refractivity contribution in [2.45, 2.75) is 0 Å². The van der Waals surface area contributed by atoms with Gasteiger partial charge in [-0.1, -0.05) is 17.7 Å². The number of nitrogens with zero attached hydrogens (tertiary/aromatic N) is 1. The number of halogens is 3. The lowest BCUT2D eigenvalue weighted by Crippen LogP contribution is -2.36. The van der Waals surface area contributed by atoms with Crippen molar-refractivity contribution in [3.63, 3.8) is 0 Å². The molecule has 2 aromatic carbocycles. The molecular weight excluding hydrogens is 352 g/mol. The van der Waals surface area contributed by atoms with Gasteiger partial charge in [0.2, 0.25) is 11.8 Å². The van der Waals surface area contributed by atoms with E-state index in [1.165, 1.54) is 35.2 Å². The third kappa shape index (κ3) is 6.13. The van der Waals surface area contributed by atoms with Gasteiger partial charge >= 0.3 is 0 Å². The van der Waals surface area contributed by atoms with Crippen molar-refractivity contribution in [2.24, 2.45) is 0 Å². The van der Waals surface area contributed by atoms with E-state index >= 15 is 0 Å². The molecule has 5 nitrogen and oxygen atoms in total. The van der Waals surface area contributed by atoms with E-state index in [0.29, 0.717) is 5.69 Å². The lowest BCUT2D eigenvalue weighted by molar-refractivity contribution is -0.119. The molecule has 2 aromatic rings. The Morgan fingerprint density at radius 3 is 2.36 bits per heavy atom. The van der Waals surface area contributed by atoms with Crippen LogP contribution in [0.1, 0.15) is 0 Å². The fourth-order valence-corrected chi connectivity index (χ4v) is 2.25. The Kier molecular flexibility index (Phi) is 6.44.